The van der Waals surface area contributed by atoms with Crippen molar-refractivity contribution in [3.05, 3.63) is 0 Å². The Morgan fingerprint density at radius 2 is 0.780 bits per heavy atom. The number of aliphatic carboxylic acids is 1. The molecule has 0 aromatic heterocycles. The Bertz CT molecular complexity index is 621. The van der Waals surface area contributed by atoms with Crippen LogP contribution in [0.1, 0.15) is 200 Å². The molecule has 0 saturated carbocycles. The van der Waals surface area contributed by atoms with Gasteiger partial charge in [0.1, 0.15) is 6.04 Å². The van der Waals surface area contributed by atoms with E-state index in [-0.39, 0.29) is 18.1 Å². The van der Waals surface area contributed by atoms with Crippen molar-refractivity contribution in [3.8, 4) is 0 Å². The predicted molar refractivity (Wildman–Crippen MR) is 174 cm³/mol. The molecule has 0 aromatic rings. The largest absolute Gasteiger partial charge is 0.481 e. The molecule has 0 saturated heterocycles. The van der Waals surface area contributed by atoms with Gasteiger partial charge in [0, 0.05) is 19.9 Å². The molecule has 0 heterocycles. The number of carbonyl (C=O) groups is 3. The molecule has 0 aliphatic rings. The second-order valence-corrected chi connectivity index (χ2v) is 12.6. The summed E-state index contributed by atoms with van der Waals surface area (Å²) >= 11 is 0. The molecule has 242 valence electrons. The van der Waals surface area contributed by atoms with E-state index in [9.17, 15) is 19.5 Å². The molecule has 0 aliphatic carbocycles. The predicted octanol–water partition coefficient (Wildman–Crippen LogP) is 10.8. The fourth-order valence-corrected chi connectivity index (χ4v) is 5.76. The van der Waals surface area contributed by atoms with Crippen LogP contribution in [-0.4, -0.2) is 40.8 Å². The van der Waals surface area contributed by atoms with Gasteiger partial charge in [-0.25, -0.2) is 0 Å². The van der Waals surface area contributed by atoms with Gasteiger partial charge >= 0.3 is 5.97 Å². The van der Waals surface area contributed by atoms with E-state index in [1.165, 1.54) is 133 Å². The number of nitrogens with zero attached hydrogens (tertiary/aromatic N) is 1. The quantitative estimate of drug-likeness (QED) is 0.0804. The van der Waals surface area contributed by atoms with Crippen molar-refractivity contribution in [1.29, 1.82) is 0 Å². The standard InChI is InChI=1S/C36H69NO4/c1-4-6-8-10-12-14-16-18-20-22-24-26-28-30-34(38)33(32-36(40)41)37(3)35(39)31-29-27-25-23-21-19-17-15-13-11-9-7-5-2/h33H,4-32H2,1-3H3,(H,40,41). The molecule has 1 amide bonds. The van der Waals surface area contributed by atoms with Gasteiger partial charge in [0.25, 0.3) is 0 Å². The van der Waals surface area contributed by atoms with Gasteiger partial charge in [-0.05, 0) is 12.8 Å². The van der Waals surface area contributed by atoms with Crippen molar-refractivity contribution in [3.63, 3.8) is 0 Å². The Morgan fingerprint density at radius 1 is 0.488 bits per heavy atom. The second kappa shape index (κ2) is 30.1. The average Bonchev–Trinajstić information content (AvgIpc) is 2.95. The molecule has 5 heteroatoms. The first-order valence-electron chi connectivity index (χ1n) is 17.9. The van der Waals surface area contributed by atoms with E-state index in [0.717, 1.165) is 38.5 Å². The summed E-state index contributed by atoms with van der Waals surface area (Å²) in [6, 6.07) is -0.834. The first-order valence-corrected chi connectivity index (χ1v) is 17.9. The number of hydrogen-bond donors (Lipinski definition) is 1. The van der Waals surface area contributed by atoms with Crippen LogP contribution in [0.15, 0.2) is 0 Å². The summed E-state index contributed by atoms with van der Waals surface area (Å²) in [4.78, 5) is 38.4. The Morgan fingerprint density at radius 3 is 1.10 bits per heavy atom. The van der Waals surface area contributed by atoms with Crippen LogP contribution in [0.3, 0.4) is 0 Å². The highest BCUT2D eigenvalue weighted by molar-refractivity contribution is 5.91. The highest BCUT2D eigenvalue weighted by Gasteiger charge is 2.28. The van der Waals surface area contributed by atoms with Gasteiger partial charge in [-0.15, -0.1) is 0 Å². The first kappa shape index (κ1) is 39.6. The van der Waals surface area contributed by atoms with Crippen LogP contribution in [0.2, 0.25) is 0 Å². The monoisotopic (exact) mass is 580 g/mol. The summed E-state index contributed by atoms with van der Waals surface area (Å²) in [5.41, 5.74) is 0. The summed E-state index contributed by atoms with van der Waals surface area (Å²) in [5.74, 6) is -1.22. The molecule has 0 aromatic carbocycles. The van der Waals surface area contributed by atoms with Gasteiger partial charge in [-0.1, -0.05) is 168 Å². The lowest BCUT2D eigenvalue weighted by atomic mass is 9.99. The van der Waals surface area contributed by atoms with Crippen molar-refractivity contribution in [2.75, 3.05) is 7.05 Å². The molecular weight excluding hydrogens is 510 g/mol. The molecule has 1 atom stereocenters. The molecule has 0 spiro atoms. The van der Waals surface area contributed by atoms with Crippen LogP contribution in [0.4, 0.5) is 0 Å². The van der Waals surface area contributed by atoms with Crippen LogP contribution in [0, 0.1) is 0 Å². The number of ketones is 1. The molecular formula is C36H69NO4. The van der Waals surface area contributed by atoms with Crippen molar-refractivity contribution in [2.24, 2.45) is 0 Å². The highest BCUT2D eigenvalue weighted by atomic mass is 16.4. The number of likely N-dealkylation sites (N-methyl/N-ethyl adjacent to an activating group) is 1. The van der Waals surface area contributed by atoms with Crippen molar-refractivity contribution >= 4 is 17.7 Å². The highest BCUT2D eigenvalue weighted by Crippen LogP contribution is 2.17. The lowest BCUT2D eigenvalue weighted by Gasteiger charge is -2.26. The Kier molecular flexibility index (Phi) is 29.1. The van der Waals surface area contributed by atoms with Gasteiger partial charge in [0.15, 0.2) is 5.78 Å². The summed E-state index contributed by atoms with van der Waals surface area (Å²) in [5, 5.41) is 9.36. The van der Waals surface area contributed by atoms with E-state index < -0.39 is 12.0 Å². The average molecular weight is 580 g/mol. The third-order valence-corrected chi connectivity index (χ3v) is 8.62. The lowest BCUT2D eigenvalue weighted by molar-refractivity contribution is -0.145. The maximum Gasteiger partial charge on any atom is 0.305 e. The molecule has 0 radical (unpaired) electrons. The number of rotatable bonds is 32. The molecule has 1 unspecified atom stereocenters. The minimum Gasteiger partial charge on any atom is -0.481 e. The van der Waals surface area contributed by atoms with E-state index in [1.807, 2.05) is 0 Å². The zero-order chi connectivity index (χ0) is 30.4. The topological polar surface area (TPSA) is 74.7 Å². The van der Waals surface area contributed by atoms with E-state index in [2.05, 4.69) is 13.8 Å². The minimum absolute atomic E-state index is 0.0990. The zero-order valence-corrected chi connectivity index (χ0v) is 27.7. The third kappa shape index (κ3) is 26.0. The second-order valence-electron chi connectivity index (χ2n) is 12.6. The van der Waals surface area contributed by atoms with Gasteiger partial charge < -0.3 is 10.0 Å². The van der Waals surface area contributed by atoms with Gasteiger partial charge in [0.2, 0.25) is 5.91 Å². The van der Waals surface area contributed by atoms with E-state index in [1.54, 1.807) is 7.05 Å². The van der Waals surface area contributed by atoms with Crippen molar-refractivity contribution < 1.29 is 19.5 Å². The SMILES string of the molecule is CCCCCCCCCCCCCCCC(=O)C(CC(=O)O)N(C)C(=O)CCCCCCCCCCCCCCC. The fraction of sp³-hybridized carbons (Fsp3) is 0.917. The Hall–Kier alpha value is -1.39. The van der Waals surface area contributed by atoms with Gasteiger partial charge in [0.05, 0.1) is 6.42 Å². The van der Waals surface area contributed by atoms with Gasteiger partial charge in [-0.3, -0.25) is 14.4 Å². The summed E-state index contributed by atoms with van der Waals surface area (Å²) in [6.45, 7) is 4.51. The van der Waals surface area contributed by atoms with E-state index in [0.29, 0.717) is 12.8 Å². The lowest BCUT2D eigenvalue weighted by Crippen LogP contribution is -2.43. The molecule has 5 nitrogen and oxygen atoms in total. The zero-order valence-electron chi connectivity index (χ0n) is 27.7. The maximum atomic E-state index is 12.9. The Balaban J connectivity index is 3.95. The number of carboxylic acids is 1. The van der Waals surface area contributed by atoms with Crippen LogP contribution in [0.5, 0.6) is 0 Å². The number of hydrogen-bond acceptors (Lipinski definition) is 3. The number of carboxylic acid groups (broad SMARTS) is 1. The molecule has 0 fully saturated rings. The summed E-state index contributed by atoms with van der Waals surface area (Å²) < 4.78 is 0. The van der Waals surface area contributed by atoms with E-state index in [4.69, 9.17) is 0 Å². The third-order valence-electron chi connectivity index (χ3n) is 8.62. The Labute approximate surface area is 255 Å². The number of unbranched alkanes of at least 4 members (excludes halogenated alkanes) is 24. The number of carbonyl (C=O) groups excluding carboxylic acids is 2. The van der Waals surface area contributed by atoms with Crippen LogP contribution < -0.4 is 0 Å². The normalized spacial score (nSPS) is 12.0. The molecule has 1 N–H and O–H groups in total. The van der Waals surface area contributed by atoms with Gasteiger partial charge in [-0.2, -0.15) is 0 Å². The first-order chi connectivity index (χ1) is 19.9. The van der Waals surface area contributed by atoms with Crippen LogP contribution in [-0.2, 0) is 14.4 Å². The number of Topliss-reactive ketones (excluding diaryl/α,β-unsaturated/α-hetero) is 1. The molecule has 0 aliphatic heterocycles. The minimum atomic E-state index is -1.02. The molecule has 0 bridgehead atoms. The smallest absolute Gasteiger partial charge is 0.305 e. The number of amides is 1. The van der Waals surface area contributed by atoms with E-state index >= 15 is 0 Å². The summed E-state index contributed by atoms with van der Waals surface area (Å²) in [7, 11) is 1.61. The maximum absolute atomic E-state index is 12.9. The van der Waals surface area contributed by atoms with Crippen molar-refractivity contribution in [1.82, 2.24) is 4.90 Å². The van der Waals surface area contributed by atoms with Crippen LogP contribution in [0.25, 0.3) is 0 Å². The summed E-state index contributed by atoms with van der Waals surface area (Å²) in [6.07, 6.45) is 33.0. The fourth-order valence-electron chi connectivity index (χ4n) is 5.76. The van der Waals surface area contributed by atoms with Crippen LogP contribution >= 0.6 is 0 Å². The van der Waals surface area contributed by atoms with Crippen molar-refractivity contribution in [2.45, 2.75) is 206 Å². The molecule has 0 rings (SSSR count). The molecule has 41 heavy (non-hydrogen) atoms.